The van der Waals surface area contributed by atoms with E-state index in [1.54, 1.807) is 18.0 Å². The lowest BCUT2D eigenvalue weighted by atomic mass is 10.1. The third-order valence-corrected chi connectivity index (χ3v) is 8.05. The molecule has 1 aliphatic heterocycles. The van der Waals surface area contributed by atoms with Crippen LogP contribution in [0.3, 0.4) is 0 Å². The van der Waals surface area contributed by atoms with Gasteiger partial charge in [0.25, 0.3) is 5.91 Å². The fraction of sp³-hybridized carbons (Fsp3) is 0.480. The first-order valence-electron chi connectivity index (χ1n) is 11.8. The Hall–Kier alpha value is -2.78. The third-order valence-electron chi connectivity index (χ3n) is 6.51. The van der Waals surface area contributed by atoms with Crippen molar-refractivity contribution in [3.05, 3.63) is 48.0 Å². The minimum Gasteiger partial charge on any atom is -0.495 e. The van der Waals surface area contributed by atoms with E-state index in [4.69, 9.17) is 9.47 Å². The number of likely N-dealkylation sites (N-methyl/N-ethyl adjacent to an activating group) is 2. The van der Waals surface area contributed by atoms with Crippen LogP contribution >= 0.6 is 0 Å². The van der Waals surface area contributed by atoms with E-state index in [2.05, 4.69) is 16.5 Å². The molecular weight excluding hydrogens is 454 g/mol. The molecule has 0 spiro atoms. The number of hydrogen-bond donors (Lipinski definition) is 1. The van der Waals surface area contributed by atoms with Crippen LogP contribution in [0.4, 0.5) is 5.69 Å². The monoisotopic (exact) mass is 487 g/mol. The van der Waals surface area contributed by atoms with Crippen molar-refractivity contribution in [3.8, 4) is 11.5 Å². The van der Waals surface area contributed by atoms with Crippen LogP contribution in [0.5, 0.6) is 11.5 Å². The zero-order chi connectivity index (χ0) is 24.3. The van der Waals surface area contributed by atoms with Crippen LogP contribution in [0.2, 0.25) is 0 Å². The second-order valence-electron chi connectivity index (χ2n) is 8.90. The summed E-state index contributed by atoms with van der Waals surface area (Å²) in [4.78, 5) is 17.0. The number of anilines is 1. The van der Waals surface area contributed by atoms with Gasteiger partial charge in [0.1, 0.15) is 22.5 Å². The van der Waals surface area contributed by atoms with Gasteiger partial charge in [0, 0.05) is 25.2 Å². The predicted octanol–water partition coefficient (Wildman–Crippen LogP) is 3.28. The van der Waals surface area contributed by atoms with Gasteiger partial charge in [-0.05, 0) is 50.1 Å². The van der Waals surface area contributed by atoms with Gasteiger partial charge in [-0.3, -0.25) is 4.79 Å². The molecule has 1 aliphatic carbocycles. The summed E-state index contributed by atoms with van der Waals surface area (Å²) in [5.41, 5.74) is 1.34. The molecule has 4 rings (SSSR count). The van der Waals surface area contributed by atoms with Gasteiger partial charge in [0.2, 0.25) is 10.0 Å². The normalized spacial score (nSPS) is 18.3. The van der Waals surface area contributed by atoms with Gasteiger partial charge in [0.15, 0.2) is 0 Å². The van der Waals surface area contributed by atoms with Gasteiger partial charge in [0.05, 0.1) is 25.9 Å². The fourth-order valence-electron chi connectivity index (χ4n) is 4.73. The number of fused-ring (bicyclic) bond motifs is 1. The first-order chi connectivity index (χ1) is 16.3. The van der Waals surface area contributed by atoms with Crippen molar-refractivity contribution in [2.75, 3.05) is 38.7 Å². The average molecular weight is 488 g/mol. The van der Waals surface area contributed by atoms with E-state index < -0.39 is 10.0 Å². The lowest BCUT2D eigenvalue weighted by Gasteiger charge is -2.37. The van der Waals surface area contributed by atoms with Crippen LogP contribution in [0, 0.1) is 0 Å². The number of ether oxygens (including phenoxy) is 2. The number of methoxy groups -OCH3 is 1. The maximum absolute atomic E-state index is 13.2. The molecule has 1 saturated carbocycles. The summed E-state index contributed by atoms with van der Waals surface area (Å²) in [7, 11) is -0.685. The minimum atomic E-state index is -3.82. The number of nitrogens with one attached hydrogen (secondary N) is 1. The van der Waals surface area contributed by atoms with E-state index in [-0.39, 0.29) is 28.7 Å². The predicted molar refractivity (Wildman–Crippen MR) is 131 cm³/mol. The number of carbonyl (C=O) groups excluding carboxylic acids is 1. The Balaban J connectivity index is 1.51. The van der Waals surface area contributed by atoms with Gasteiger partial charge in [-0.2, -0.15) is 0 Å². The third kappa shape index (κ3) is 5.15. The first-order valence-corrected chi connectivity index (χ1v) is 13.3. The highest BCUT2D eigenvalue weighted by atomic mass is 32.2. The Bertz CT molecular complexity index is 1130. The van der Waals surface area contributed by atoms with Crippen molar-refractivity contribution in [1.29, 1.82) is 0 Å². The summed E-state index contributed by atoms with van der Waals surface area (Å²) >= 11 is 0. The van der Waals surface area contributed by atoms with Gasteiger partial charge < -0.3 is 19.3 Å². The molecule has 1 unspecified atom stereocenters. The minimum absolute atomic E-state index is 0.0128. The Morgan fingerprint density at radius 3 is 2.65 bits per heavy atom. The molecule has 2 aromatic carbocycles. The van der Waals surface area contributed by atoms with Crippen LogP contribution in [-0.4, -0.2) is 65.2 Å². The lowest BCUT2D eigenvalue weighted by Crippen LogP contribution is -2.46. The molecule has 2 aliphatic rings. The zero-order valence-electron chi connectivity index (χ0n) is 20.0. The van der Waals surface area contributed by atoms with Gasteiger partial charge in [-0.25, -0.2) is 13.1 Å². The van der Waals surface area contributed by atoms with Gasteiger partial charge in [-0.1, -0.05) is 25.0 Å². The van der Waals surface area contributed by atoms with E-state index in [0.717, 1.165) is 43.7 Å². The summed E-state index contributed by atoms with van der Waals surface area (Å²) in [5, 5.41) is 0. The van der Waals surface area contributed by atoms with Crippen LogP contribution < -0.4 is 19.1 Å². The Morgan fingerprint density at radius 1 is 1.21 bits per heavy atom. The molecule has 0 aromatic heterocycles. The molecule has 2 aromatic rings. The van der Waals surface area contributed by atoms with Crippen LogP contribution in [0.1, 0.15) is 43.0 Å². The Morgan fingerprint density at radius 2 is 1.94 bits per heavy atom. The topological polar surface area (TPSA) is 88.2 Å². The average Bonchev–Trinajstić information content (AvgIpc) is 3.34. The number of amides is 1. The van der Waals surface area contributed by atoms with Crippen molar-refractivity contribution in [1.82, 2.24) is 9.62 Å². The SMILES string of the molecule is CCN1CC(CN(C)C(=O)c2ccc(OC)c(S(=O)(=O)NC3CCCC3)c2)Oc2ccccc21. The molecule has 1 atom stereocenters. The number of nitrogens with zero attached hydrogens (tertiary/aromatic N) is 2. The van der Waals surface area contributed by atoms with Gasteiger partial charge in [-0.15, -0.1) is 0 Å². The van der Waals surface area contributed by atoms with Crippen molar-refractivity contribution in [2.45, 2.75) is 49.6 Å². The number of rotatable bonds is 8. The number of hydrogen-bond acceptors (Lipinski definition) is 6. The molecule has 34 heavy (non-hydrogen) atoms. The van der Waals surface area contributed by atoms with E-state index in [1.165, 1.54) is 19.2 Å². The smallest absolute Gasteiger partial charge is 0.253 e. The van der Waals surface area contributed by atoms with Crippen LogP contribution in [-0.2, 0) is 10.0 Å². The maximum atomic E-state index is 13.2. The molecule has 8 nitrogen and oxygen atoms in total. The number of carbonyl (C=O) groups is 1. The summed E-state index contributed by atoms with van der Waals surface area (Å²) in [5.74, 6) is 0.748. The van der Waals surface area contributed by atoms with Crippen LogP contribution in [0.15, 0.2) is 47.4 Å². The Kier molecular flexibility index (Phi) is 7.33. The second kappa shape index (κ2) is 10.2. The second-order valence-corrected chi connectivity index (χ2v) is 10.6. The molecule has 184 valence electrons. The highest BCUT2D eigenvalue weighted by Crippen LogP contribution is 2.33. The first kappa shape index (κ1) is 24.3. The van der Waals surface area contributed by atoms with E-state index in [1.807, 2.05) is 24.3 Å². The molecular formula is C25H33N3O5S. The number of benzene rings is 2. The van der Waals surface area contributed by atoms with Crippen molar-refractivity contribution in [3.63, 3.8) is 0 Å². The summed E-state index contributed by atoms with van der Waals surface area (Å²) in [6.45, 7) is 3.96. The molecule has 1 heterocycles. The van der Waals surface area contributed by atoms with E-state index >= 15 is 0 Å². The number of sulfonamides is 1. The van der Waals surface area contributed by atoms with Crippen molar-refractivity contribution in [2.24, 2.45) is 0 Å². The lowest BCUT2D eigenvalue weighted by molar-refractivity contribution is 0.0709. The number of para-hydroxylation sites is 2. The summed E-state index contributed by atoms with van der Waals surface area (Å²) in [6, 6.07) is 12.3. The molecule has 1 fully saturated rings. The maximum Gasteiger partial charge on any atom is 0.253 e. The summed E-state index contributed by atoms with van der Waals surface area (Å²) < 4.78 is 40.4. The quantitative estimate of drug-likeness (QED) is 0.615. The molecule has 0 saturated heterocycles. The summed E-state index contributed by atoms with van der Waals surface area (Å²) in [6.07, 6.45) is 3.46. The zero-order valence-corrected chi connectivity index (χ0v) is 20.8. The highest BCUT2D eigenvalue weighted by molar-refractivity contribution is 7.89. The largest absolute Gasteiger partial charge is 0.495 e. The van der Waals surface area contributed by atoms with E-state index in [9.17, 15) is 13.2 Å². The Labute approximate surface area is 201 Å². The van der Waals surface area contributed by atoms with Gasteiger partial charge >= 0.3 is 0 Å². The molecule has 0 bridgehead atoms. The molecule has 0 radical (unpaired) electrons. The molecule has 9 heteroatoms. The van der Waals surface area contributed by atoms with Crippen molar-refractivity contribution < 1.29 is 22.7 Å². The standard InChI is InChI=1S/C25H33N3O5S/c1-4-28-17-20(33-22-12-8-7-11-21(22)28)16-27(2)25(29)18-13-14-23(32-3)24(15-18)34(30,31)26-19-9-5-6-10-19/h7-8,11-15,19-20,26H,4-6,9-10,16-17H2,1-3H3. The fourth-order valence-corrected chi connectivity index (χ4v) is 6.23. The van der Waals surface area contributed by atoms with E-state index in [0.29, 0.717) is 18.7 Å². The van der Waals surface area contributed by atoms with Crippen LogP contribution in [0.25, 0.3) is 0 Å². The van der Waals surface area contributed by atoms with Crippen molar-refractivity contribution >= 4 is 21.6 Å². The molecule has 1 N–H and O–H groups in total. The highest BCUT2D eigenvalue weighted by Gasteiger charge is 2.29. The molecule has 1 amide bonds.